The normalized spacial score (nSPS) is 23.5. The average Bonchev–Trinajstić information content (AvgIpc) is 2.77. The van der Waals surface area contributed by atoms with Crippen molar-refractivity contribution in [3.05, 3.63) is 0 Å². The first kappa shape index (κ1) is 16.3. The predicted molar refractivity (Wildman–Crippen MR) is 77.1 cm³/mol. The smallest absolute Gasteiger partial charge is 0.236 e. The molecule has 19 heavy (non-hydrogen) atoms. The summed E-state index contributed by atoms with van der Waals surface area (Å²) in [4.78, 5) is 16.1. The van der Waals surface area contributed by atoms with Gasteiger partial charge in [-0.1, -0.05) is 12.2 Å². The van der Waals surface area contributed by atoms with Gasteiger partial charge in [-0.2, -0.15) is 0 Å². The fourth-order valence-electron chi connectivity index (χ4n) is 2.11. The quantitative estimate of drug-likeness (QED) is 0.635. The number of carbonyl (C=O) groups excluding carboxylic acids is 1. The summed E-state index contributed by atoms with van der Waals surface area (Å²) in [5, 5.41) is 0. The van der Waals surface area contributed by atoms with E-state index in [0.717, 1.165) is 0 Å². The van der Waals surface area contributed by atoms with Crippen molar-refractivity contribution in [2.24, 2.45) is 5.73 Å². The number of hydrogen-bond acceptors (Lipinski definition) is 5. The first-order valence-electron chi connectivity index (χ1n) is 6.28. The molecule has 2 N–H and O–H groups in total. The summed E-state index contributed by atoms with van der Waals surface area (Å²) in [6.07, 6.45) is 0.610. The van der Waals surface area contributed by atoms with Crippen molar-refractivity contribution >= 4 is 23.1 Å². The number of amides is 1. The molecule has 0 bridgehead atoms. The number of likely N-dealkylation sites (tertiary alicyclic amines) is 1. The Morgan fingerprint density at radius 2 is 1.89 bits per heavy atom. The lowest BCUT2D eigenvalue weighted by Crippen LogP contribution is -2.39. The van der Waals surface area contributed by atoms with Crippen LogP contribution in [0.4, 0.5) is 0 Å². The minimum absolute atomic E-state index is 0.0275. The minimum atomic E-state index is 0.0275. The van der Waals surface area contributed by atoms with Gasteiger partial charge in [0.1, 0.15) is 0 Å². The number of methoxy groups -OCH3 is 2. The lowest BCUT2D eigenvalue weighted by atomic mass is 10.3. The first-order chi connectivity index (χ1) is 8.97. The van der Waals surface area contributed by atoms with Gasteiger partial charge < -0.3 is 20.1 Å². The maximum Gasteiger partial charge on any atom is 0.236 e. The van der Waals surface area contributed by atoms with Gasteiger partial charge in [-0.15, -0.1) is 0 Å². The lowest BCUT2D eigenvalue weighted by Gasteiger charge is -2.21. The monoisotopic (exact) mass is 289 g/mol. The molecule has 0 aromatic heterocycles. The van der Waals surface area contributed by atoms with Gasteiger partial charge in [0.2, 0.25) is 5.91 Å². The molecule has 0 saturated carbocycles. The van der Waals surface area contributed by atoms with Crippen LogP contribution in [-0.4, -0.2) is 80.3 Å². The number of nitrogens with zero attached hydrogens (tertiary/aromatic N) is 2. The first-order valence-corrected chi connectivity index (χ1v) is 6.69. The van der Waals surface area contributed by atoms with Gasteiger partial charge in [-0.3, -0.25) is 9.69 Å². The number of likely N-dealkylation sites (N-methyl/N-ethyl adjacent to an activating group) is 1. The largest absolute Gasteiger partial charge is 0.393 e. The molecule has 0 radical (unpaired) electrons. The molecule has 1 saturated heterocycles. The molecule has 1 aliphatic rings. The van der Waals surface area contributed by atoms with Crippen molar-refractivity contribution in [2.75, 3.05) is 47.4 Å². The van der Waals surface area contributed by atoms with E-state index in [0.29, 0.717) is 37.6 Å². The standard InChI is InChI=1S/C12H23N3O3S/c1-14(5-4-11(13)19)12(16)8-15-6-9(17-2)10(7-15)18-3/h9-10H,4-8H2,1-3H3,(H2,13,19). The Bertz CT molecular complexity index is 315. The number of ether oxygens (including phenoxy) is 2. The van der Waals surface area contributed by atoms with Crippen LogP contribution in [0.3, 0.4) is 0 Å². The highest BCUT2D eigenvalue weighted by Gasteiger charge is 2.33. The van der Waals surface area contributed by atoms with Crippen molar-refractivity contribution in [1.82, 2.24) is 9.80 Å². The summed E-state index contributed by atoms with van der Waals surface area (Å²) < 4.78 is 10.7. The van der Waals surface area contributed by atoms with Crippen LogP contribution >= 0.6 is 12.2 Å². The van der Waals surface area contributed by atoms with Crippen LogP contribution in [0.15, 0.2) is 0 Å². The van der Waals surface area contributed by atoms with Crippen molar-refractivity contribution in [3.63, 3.8) is 0 Å². The van der Waals surface area contributed by atoms with E-state index in [1.54, 1.807) is 26.2 Å². The van der Waals surface area contributed by atoms with Gasteiger partial charge >= 0.3 is 0 Å². The molecule has 0 aliphatic carbocycles. The van der Waals surface area contributed by atoms with Crippen LogP contribution in [0.5, 0.6) is 0 Å². The lowest BCUT2D eigenvalue weighted by molar-refractivity contribution is -0.130. The second kappa shape index (κ2) is 7.74. The molecule has 110 valence electrons. The van der Waals surface area contributed by atoms with Crippen molar-refractivity contribution in [1.29, 1.82) is 0 Å². The Labute approximate surface area is 119 Å². The Kier molecular flexibility index (Phi) is 6.64. The third kappa shape index (κ3) is 5.02. The molecule has 2 unspecified atom stereocenters. The molecule has 0 aromatic carbocycles. The number of hydrogen-bond donors (Lipinski definition) is 1. The molecular formula is C12H23N3O3S. The molecule has 1 rings (SSSR count). The topological polar surface area (TPSA) is 68.0 Å². The summed E-state index contributed by atoms with van der Waals surface area (Å²) in [5.41, 5.74) is 5.43. The maximum absolute atomic E-state index is 12.0. The van der Waals surface area contributed by atoms with Crippen LogP contribution in [0.1, 0.15) is 6.42 Å². The Balaban J connectivity index is 2.38. The van der Waals surface area contributed by atoms with Crippen LogP contribution in [0, 0.1) is 0 Å². The zero-order valence-corrected chi connectivity index (χ0v) is 12.6. The molecule has 0 aromatic rings. The number of carbonyl (C=O) groups is 1. The third-order valence-corrected chi connectivity index (χ3v) is 3.58. The highest BCUT2D eigenvalue weighted by Crippen LogP contribution is 2.15. The highest BCUT2D eigenvalue weighted by atomic mass is 32.1. The van der Waals surface area contributed by atoms with Gasteiger partial charge in [0.25, 0.3) is 0 Å². The Morgan fingerprint density at radius 1 is 1.37 bits per heavy atom. The van der Waals surface area contributed by atoms with E-state index in [9.17, 15) is 4.79 Å². The zero-order chi connectivity index (χ0) is 14.4. The van der Waals surface area contributed by atoms with Gasteiger partial charge in [0, 0.05) is 47.3 Å². The van der Waals surface area contributed by atoms with Crippen LogP contribution < -0.4 is 5.73 Å². The molecule has 7 heteroatoms. The van der Waals surface area contributed by atoms with Gasteiger partial charge in [0.05, 0.1) is 23.7 Å². The molecule has 1 amide bonds. The zero-order valence-electron chi connectivity index (χ0n) is 11.8. The van der Waals surface area contributed by atoms with Crippen molar-refractivity contribution in [3.8, 4) is 0 Å². The fraction of sp³-hybridized carbons (Fsp3) is 0.833. The average molecular weight is 289 g/mol. The maximum atomic E-state index is 12.0. The van der Waals surface area contributed by atoms with Gasteiger partial charge in [-0.05, 0) is 0 Å². The molecule has 2 atom stereocenters. The van der Waals surface area contributed by atoms with Crippen molar-refractivity contribution < 1.29 is 14.3 Å². The molecular weight excluding hydrogens is 266 g/mol. The van der Waals surface area contributed by atoms with Crippen LogP contribution in [-0.2, 0) is 14.3 Å². The Hall–Kier alpha value is -0.760. The summed E-state index contributed by atoms with van der Waals surface area (Å²) >= 11 is 4.80. The highest BCUT2D eigenvalue weighted by molar-refractivity contribution is 7.80. The summed E-state index contributed by atoms with van der Waals surface area (Å²) in [5.74, 6) is 0.0582. The van der Waals surface area contributed by atoms with Gasteiger partial charge in [0.15, 0.2) is 0 Å². The molecule has 6 nitrogen and oxygen atoms in total. The van der Waals surface area contributed by atoms with E-state index in [4.69, 9.17) is 27.4 Å². The summed E-state index contributed by atoms with van der Waals surface area (Å²) in [6, 6.07) is 0. The van der Waals surface area contributed by atoms with E-state index in [1.165, 1.54) is 0 Å². The minimum Gasteiger partial charge on any atom is -0.393 e. The number of rotatable bonds is 7. The summed E-state index contributed by atoms with van der Waals surface area (Å²) in [6.45, 7) is 2.35. The fourth-order valence-corrected chi connectivity index (χ4v) is 2.21. The SMILES string of the molecule is COC1CN(CC(=O)N(C)CCC(N)=S)CC1OC. The van der Waals surface area contributed by atoms with E-state index < -0.39 is 0 Å². The molecule has 0 spiro atoms. The molecule has 1 fully saturated rings. The number of nitrogens with two attached hydrogens (primary N) is 1. The van der Waals surface area contributed by atoms with Gasteiger partial charge in [-0.25, -0.2) is 0 Å². The predicted octanol–water partition coefficient (Wildman–Crippen LogP) is -0.533. The van der Waals surface area contributed by atoms with E-state index >= 15 is 0 Å². The van der Waals surface area contributed by atoms with E-state index in [2.05, 4.69) is 0 Å². The number of thiocarbonyl (C=S) groups is 1. The van der Waals surface area contributed by atoms with E-state index in [1.807, 2.05) is 4.90 Å². The molecule has 1 heterocycles. The molecule has 1 aliphatic heterocycles. The van der Waals surface area contributed by atoms with Crippen LogP contribution in [0.2, 0.25) is 0 Å². The van der Waals surface area contributed by atoms with Crippen LogP contribution in [0.25, 0.3) is 0 Å². The van der Waals surface area contributed by atoms with Crippen molar-refractivity contribution in [2.45, 2.75) is 18.6 Å². The van der Waals surface area contributed by atoms with E-state index in [-0.39, 0.29) is 18.1 Å². The third-order valence-electron chi connectivity index (χ3n) is 3.37. The second-order valence-corrected chi connectivity index (χ2v) is 5.30. The summed E-state index contributed by atoms with van der Waals surface area (Å²) in [7, 11) is 5.09. The Morgan fingerprint density at radius 3 is 2.32 bits per heavy atom. The second-order valence-electron chi connectivity index (χ2n) is 4.77.